The number of hydrogen-bond donors (Lipinski definition) is 0. The summed E-state index contributed by atoms with van der Waals surface area (Å²) in [5.41, 5.74) is 3.22. The standard InChI is InChI=1S/C17H19Br2NO3/c1-8-6-11(18)7-13-12-4-5-14(19)17(23-10(3)22)16(12)20(9(2)21)15(8)13/h6-7,12,14,16-17H,4-5H2,1-3H3. The van der Waals surface area contributed by atoms with Gasteiger partial charge in [-0.3, -0.25) is 9.59 Å². The van der Waals surface area contributed by atoms with Crippen LogP contribution in [0.25, 0.3) is 0 Å². The van der Waals surface area contributed by atoms with Crippen LogP contribution in [0.5, 0.6) is 0 Å². The maximum Gasteiger partial charge on any atom is 0.303 e. The minimum absolute atomic E-state index is 0.0112. The smallest absolute Gasteiger partial charge is 0.303 e. The highest BCUT2D eigenvalue weighted by Crippen LogP contribution is 2.51. The number of halogens is 2. The molecule has 0 bridgehead atoms. The van der Waals surface area contributed by atoms with Gasteiger partial charge in [0, 0.05) is 24.2 Å². The number of alkyl halides is 1. The first-order chi connectivity index (χ1) is 10.8. The molecule has 1 aromatic carbocycles. The minimum Gasteiger partial charge on any atom is -0.459 e. The van der Waals surface area contributed by atoms with E-state index in [4.69, 9.17) is 4.74 Å². The maximum absolute atomic E-state index is 12.4. The van der Waals surface area contributed by atoms with Crippen LogP contribution in [0.15, 0.2) is 16.6 Å². The molecule has 1 fully saturated rings. The molecule has 1 aliphatic heterocycles. The third-order valence-electron chi connectivity index (χ3n) is 4.73. The fourth-order valence-electron chi connectivity index (χ4n) is 4.01. The van der Waals surface area contributed by atoms with E-state index in [0.29, 0.717) is 0 Å². The van der Waals surface area contributed by atoms with Gasteiger partial charge >= 0.3 is 5.97 Å². The third-order valence-corrected chi connectivity index (χ3v) is 6.17. The summed E-state index contributed by atoms with van der Waals surface area (Å²) in [5, 5.41) is 0. The molecule has 0 radical (unpaired) electrons. The van der Waals surface area contributed by atoms with Crippen molar-refractivity contribution in [3.8, 4) is 0 Å². The van der Waals surface area contributed by atoms with Gasteiger partial charge in [0.1, 0.15) is 6.10 Å². The van der Waals surface area contributed by atoms with Gasteiger partial charge in [-0.1, -0.05) is 31.9 Å². The van der Waals surface area contributed by atoms with E-state index in [0.717, 1.165) is 28.6 Å². The first-order valence-corrected chi connectivity index (χ1v) is 9.43. The average Bonchev–Trinajstić information content (AvgIpc) is 2.76. The molecule has 1 saturated carbocycles. The zero-order valence-electron chi connectivity index (χ0n) is 13.3. The maximum atomic E-state index is 12.4. The van der Waals surface area contributed by atoms with Crippen LogP contribution < -0.4 is 4.90 Å². The van der Waals surface area contributed by atoms with Gasteiger partial charge in [-0.05, 0) is 43.0 Å². The van der Waals surface area contributed by atoms with Crippen LogP contribution in [0.3, 0.4) is 0 Å². The summed E-state index contributed by atoms with van der Waals surface area (Å²) in [6, 6.07) is 3.98. The topological polar surface area (TPSA) is 46.6 Å². The summed E-state index contributed by atoms with van der Waals surface area (Å²) < 4.78 is 6.62. The number of anilines is 1. The Morgan fingerprint density at radius 1 is 1.26 bits per heavy atom. The number of rotatable bonds is 1. The van der Waals surface area contributed by atoms with E-state index in [1.807, 2.05) is 17.9 Å². The van der Waals surface area contributed by atoms with Gasteiger partial charge in [0.2, 0.25) is 5.91 Å². The van der Waals surface area contributed by atoms with Crippen molar-refractivity contribution in [3.05, 3.63) is 27.7 Å². The Morgan fingerprint density at radius 2 is 1.96 bits per heavy atom. The van der Waals surface area contributed by atoms with Crippen molar-refractivity contribution in [2.24, 2.45) is 0 Å². The number of carbonyl (C=O) groups excluding carboxylic acids is 2. The second-order valence-corrected chi connectivity index (χ2v) is 8.41. The Bertz CT molecular complexity index is 676. The van der Waals surface area contributed by atoms with Gasteiger partial charge in [-0.2, -0.15) is 0 Å². The largest absolute Gasteiger partial charge is 0.459 e. The van der Waals surface area contributed by atoms with Gasteiger partial charge in [-0.15, -0.1) is 0 Å². The van der Waals surface area contributed by atoms with E-state index in [-0.39, 0.29) is 34.8 Å². The van der Waals surface area contributed by atoms with Crippen LogP contribution in [-0.2, 0) is 14.3 Å². The van der Waals surface area contributed by atoms with Crippen molar-refractivity contribution in [1.29, 1.82) is 0 Å². The molecule has 0 saturated heterocycles. The molecule has 0 N–H and O–H groups in total. The van der Waals surface area contributed by atoms with E-state index in [9.17, 15) is 9.59 Å². The summed E-state index contributed by atoms with van der Waals surface area (Å²) in [5.74, 6) is -0.122. The lowest BCUT2D eigenvalue weighted by atomic mass is 9.80. The molecule has 1 aliphatic carbocycles. The lowest BCUT2D eigenvalue weighted by Crippen LogP contribution is -2.53. The highest BCUT2D eigenvalue weighted by molar-refractivity contribution is 9.10. The zero-order valence-corrected chi connectivity index (χ0v) is 16.5. The lowest BCUT2D eigenvalue weighted by molar-refractivity contribution is -0.149. The van der Waals surface area contributed by atoms with Gasteiger partial charge in [0.25, 0.3) is 0 Å². The number of nitrogens with zero attached hydrogens (tertiary/aromatic N) is 1. The number of benzene rings is 1. The van der Waals surface area contributed by atoms with Crippen molar-refractivity contribution in [1.82, 2.24) is 0 Å². The Balaban J connectivity index is 2.13. The van der Waals surface area contributed by atoms with Crippen molar-refractivity contribution in [2.45, 2.75) is 56.5 Å². The number of carbonyl (C=O) groups is 2. The molecule has 2 aliphatic rings. The van der Waals surface area contributed by atoms with Crippen LogP contribution in [0.4, 0.5) is 5.69 Å². The number of ether oxygens (including phenoxy) is 1. The first-order valence-electron chi connectivity index (χ1n) is 7.72. The molecule has 1 aromatic rings. The van der Waals surface area contributed by atoms with E-state index < -0.39 is 0 Å². The van der Waals surface area contributed by atoms with Crippen LogP contribution in [0, 0.1) is 6.92 Å². The number of amides is 1. The highest BCUT2D eigenvalue weighted by Gasteiger charge is 2.51. The molecule has 0 aromatic heterocycles. The van der Waals surface area contributed by atoms with Crippen molar-refractivity contribution >= 4 is 49.4 Å². The minimum atomic E-state index is -0.333. The quantitative estimate of drug-likeness (QED) is 0.484. The Hall–Kier alpha value is -0.880. The normalized spacial score (nSPS) is 29.0. The molecule has 4 unspecified atom stereocenters. The van der Waals surface area contributed by atoms with Crippen molar-refractivity contribution in [2.75, 3.05) is 4.90 Å². The van der Waals surface area contributed by atoms with Crippen LogP contribution >= 0.6 is 31.9 Å². The molecule has 124 valence electrons. The van der Waals surface area contributed by atoms with Gasteiger partial charge < -0.3 is 9.64 Å². The van der Waals surface area contributed by atoms with Crippen LogP contribution in [-0.4, -0.2) is 28.8 Å². The van der Waals surface area contributed by atoms with Crippen LogP contribution in [0.1, 0.15) is 43.7 Å². The van der Waals surface area contributed by atoms with E-state index in [2.05, 4.69) is 37.9 Å². The third kappa shape index (κ3) is 2.84. The summed E-state index contributed by atoms with van der Waals surface area (Å²) in [6.45, 7) is 5.02. The monoisotopic (exact) mass is 443 g/mol. The SMILES string of the molecule is CC(=O)OC1C(Br)CCC2c3cc(Br)cc(C)c3N(C(C)=O)C21. The second-order valence-electron chi connectivity index (χ2n) is 6.31. The van der Waals surface area contributed by atoms with Crippen LogP contribution in [0.2, 0.25) is 0 Å². The first kappa shape index (κ1) is 17.0. The molecular weight excluding hydrogens is 426 g/mol. The van der Waals surface area contributed by atoms with Crippen molar-refractivity contribution in [3.63, 3.8) is 0 Å². The number of aryl methyl sites for hydroxylation is 1. The van der Waals surface area contributed by atoms with E-state index in [1.54, 1.807) is 6.92 Å². The Morgan fingerprint density at radius 3 is 2.57 bits per heavy atom. The number of esters is 1. The molecule has 1 heterocycles. The van der Waals surface area contributed by atoms with Crippen molar-refractivity contribution < 1.29 is 14.3 Å². The molecule has 4 nitrogen and oxygen atoms in total. The van der Waals surface area contributed by atoms with Gasteiger partial charge in [0.05, 0.1) is 16.6 Å². The fraction of sp³-hybridized carbons (Fsp3) is 0.529. The second kappa shape index (κ2) is 6.20. The zero-order chi connectivity index (χ0) is 16.9. The van der Waals surface area contributed by atoms with E-state index >= 15 is 0 Å². The summed E-state index contributed by atoms with van der Waals surface area (Å²) in [6.07, 6.45) is 1.54. The Kier molecular flexibility index (Phi) is 4.58. The molecular formula is C17H19Br2NO3. The number of hydrogen-bond acceptors (Lipinski definition) is 3. The van der Waals surface area contributed by atoms with Gasteiger partial charge in [0.15, 0.2) is 0 Å². The Labute approximate surface area is 152 Å². The highest BCUT2D eigenvalue weighted by atomic mass is 79.9. The fourth-order valence-corrected chi connectivity index (χ4v) is 5.28. The molecule has 4 atom stereocenters. The molecule has 1 amide bonds. The number of fused-ring (bicyclic) bond motifs is 3. The molecule has 3 rings (SSSR count). The predicted octanol–water partition coefficient (Wildman–Crippen LogP) is 4.07. The molecule has 23 heavy (non-hydrogen) atoms. The molecule has 6 heteroatoms. The molecule has 0 spiro atoms. The lowest BCUT2D eigenvalue weighted by Gasteiger charge is -2.40. The summed E-state index contributed by atoms with van der Waals surface area (Å²) in [4.78, 5) is 25.9. The average molecular weight is 445 g/mol. The van der Waals surface area contributed by atoms with E-state index in [1.165, 1.54) is 12.5 Å². The predicted molar refractivity (Wildman–Crippen MR) is 96.1 cm³/mol. The van der Waals surface area contributed by atoms with Gasteiger partial charge in [-0.25, -0.2) is 0 Å². The summed E-state index contributed by atoms with van der Waals surface area (Å²) >= 11 is 7.21. The summed E-state index contributed by atoms with van der Waals surface area (Å²) in [7, 11) is 0.